The highest BCUT2D eigenvalue weighted by Crippen LogP contribution is 2.20. The van der Waals surface area contributed by atoms with Crippen LogP contribution in [0.1, 0.15) is 33.6 Å². The molecule has 1 heterocycles. The molecule has 0 aromatic rings. The number of halogens is 3. The van der Waals surface area contributed by atoms with Crippen LogP contribution in [0, 0.1) is 5.92 Å². The Morgan fingerprint density at radius 3 is 2.25 bits per heavy atom. The standard InChI is InChI=1S/C12H22BF3NO3/c1-12(2,3)20-11(18)17-6-4-10(5-7-17)8-19-9-13(14,15)16/h10H,4-9H2,1-3H3/q-1. The van der Waals surface area contributed by atoms with Crippen molar-refractivity contribution in [1.29, 1.82) is 0 Å². The molecule has 8 heteroatoms. The zero-order valence-electron chi connectivity index (χ0n) is 12.2. The number of amides is 1. The largest absolute Gasteiger partial charge is 0.503 e. The van der Waals surface area contributed by atoms with Crippen molar-refractivity contribution < 1.29 is 27.2 Å². The second-order valence-corrected chi connectivity index (χ2v) is 6.16. The van der Waals surface area contributed by atoms with E-state index >= 15 is 0 Å². The summed E-state index contributed by atoms with van der Waals surface area (Å²) in [6.07, 6.45) is 0.921. The summed E-state index contributed by atoms with van der Waals surface area (Å²) in [5, 5.41) is 0. The van der Waals surface area contributed by atoms with Crippen LogP contribution in [0.5, 0.6) is 0 Å². The number of rotatable bonds is 4. The Morgan fingerprint density at radius 1 is 1.25 bits per heavy atom. The molecule has 0 atom stereocenters. The minimum absolute atomic E-state index is 0.0758. The van der Waals surface area contributed by atoms with Crippen molar-refractivity contribution >= 4 is 13.1 Å². The van der Waals surface area contributed by atoms with E-state index in [4.69, 9.17) is 4.74 Å². The van der Waals surface area contributed by atoms with Crippen molar-refractivity contribution in [3.63, 3.8) is 0 Å². The molecule has 0 aromatic heterocycles. The first kappa shape index (κ1) is 17.1. The number of carbonyl (C=O) groups is 1. The Bertz CT molecular complexity index is 323. The molecule has 0 bridgehead atoms. The molecule has 1 saturated heterocycles. The van der Waals surface area contributed by atoms with Gasteiger partial charge >= 0.3 is 13.1 Å². The first-order chi connectivity index (χ1) is 9.07. The third-order valence-corrected chi connectivity index (χ3v) is 2.93. The summed E-state index contributed by atoms with van der Waals surface area (Å²) in [6, 6.07) is 0. The van der Waals surface area contributed by atoms with Crippen LogP contribution in [0.25, 0.3) is 0 Å². The maximum atomic E-state index is 12.0. The van der Waals surface area contributed by atoms with Crippen LogP contribution < -0.4 is 0 Å². The summed E-state index contributed by atoms with van der Waals surface area (Å²) < 4.78 is 45.9. The molecule has 0 aliphatic carbocycles. The molecule has 1 fully saturated rings. The lowest BCUT2D eigenvalue weighted by Crippen LogP contribution is -2.42. The predicted octanol–water partition coefficient (Wildman–Crippen LogP) is 3.04. The number of nitrogens with zero attached hydrogens (tertiary/aromatic N) is 1. The van der Waals surface area contributed by atoms with Gasteiger partial charge in [0.1, 0.15) is 5.60 Å². The van der Waals surface area contributed by atoms with Crippen molar-refractivity contribution in [1.82, 2.24) is 4.90 Å². The van der Waals surface area contributed by atoms with Crippen LogP contribution in [0.4, 0.5) is 17.7 Å². The van der Waals surface area contributed by atoms with Crippen molar-refractivity contribution in [2.24, 2.45) is 5.92 Å². The molecule has 0 spiro atoms. The van der Waals surface area contributed by atoms with Gasteiger partial charge in [0, 0.05) is 26.2 Å². The van der Waals surface area contributed by atoms with Gasteiger partial charge in [-0.05, 0) is 39.5 Å². The van der Waals surface area contributed by atoms with Crippen molar-refractivity contribution in [2.45, 2.75) is 39.2 Å². The molecule has 4 nitrogen and oxygen atoms in total. The van der Waals surface area contributed by atoms with Crippen molar-refractivity contribution in [2.75, 3.05) is 26.2 Å². The van der Waals surface area contributed by atoms with E-state index in [-0.39, 0.29) is 18.6 Å². The van der Waals surface area contributed by atoms with Gasteiger partial charge in [0.05, 0.1) is 0 Å². The number of hydrogen-bond donors (Lipinski definition) is 0. The summed E-state index contributed by atoms with van der Waals surface area (Å²) in [7, 11) is 0. The second-order valence-electron chi connectivity index (χ2n) is 6.16. The van der Waals surface area contributed by atoms with Gasteiger partial charge in [-0.3, -0.25) is 0 Å². The zero-order chi connectivity index (χ0) is 15.4. The van der Waals surface area contributed by atoms with E-state index in [9.17, 15) is 17.7 Å². The smallest absolute Gasteiger partial charge is 0.447 e. The Kier molecular flexibility index (Phi) is 5.73. The SMILES string of the molecule is CC(C)(C)OC(=O)N1CCC(COC[B-](F)(F)F)CC1. The number of hydrogen-bond acceptors (Lipinski definition) is 3. The molecule has 1 aliphatic rings. The van der Waals surface area contributed by atoms with E-state index in [2.05, 4.69) is 4.74 Å². The number of ether oxygens (including phenoxy) is 2. The normalized spacial score (nSPS) is 18.2. The lowest BCUT2D eigenvalue weighted by atomic mass is 9.94. The van der Waals surface area contributed by atoms with Crippen LogP contribution >= 0.6 is 0 Å². The fourth-order valence-electron chi connectivity index (χ4n) is 1.98. The molecule has 0 saturated carbocycles. The van der Waals surface area contributed by atoms with Crippen LogP contribution in [0.15, 0.2) is 0 Å². The van der Waals surface area contributed by atoms with Crippen LogP contribution in [-0.2, 0) is 9.47 Å². The summed E-state index contributed by atoms with van der Waals surface area (Å²) in [4.78, 5) is 13.4. The van der Waals surface area contributed by atoms with E-state index in [1.54, 1.807) is 25.7 Å². The molecule has 1 aliphatic heterocycles. The van der Waals surface area contributed by atoms with Gasteiger partial charge in [-0.2, -0.15) is 0 Å². The molecule has 118 valence electrons. The Balaban J connectivity index is 2.25. The van der Waals surface area contributed by atoms with Crippen molar-refractivity contribution in [3.8, 4) is 0 Å². The first-order valence-corrected chi connectivity index (χ1v) is 6.83. The van der Waals surface area contributed by atoms with Gasteiger partial charge in [-0.25, -0.2) is 4.79 Å². The number of likely N-dealkylation sites (tertiary alicyclic amines) is 1. The predicted molar refractivity (Wildman–Crippen MR) is 70.4 cm³/mol. The summed E-state index contributed by atoms with van der Waals surface area (Å²) in [6.45, 7) is 0.465. The lowest BCUT2D eigenvalue weighted by molar-refractivity contribution is 0.0130. The van der Waals surface area contributed by atoms with Gasteiger partial charge < -0.3 is 27.3 Å². The fourth-order valence-corrected chi connectivity index (χ4v) is 1.98. The minimum atomic E-state index is -4.88. The summed E-state index contributed by atoms with van der Waals surface area (Å²) in [5.41, 5.74) is -0.536. The maximum Gasteiger partial charge on any atom is 0.503 e. The van der Waals surface area contributed by atoms with E-state index < -0.39 is 19.1 Å². The minimum Gasteiger partial charge on any atom is -0.447 e. The van der Waals surface area contributed by atoms with Gasteiger partial charge in [0.2, 0.25) is 0 Å². The molecular weight excluding hydrogens is 274 g/mol. The van der Waals surface area contributed by atoms with Gasteiger partial charge in [-0.15, -0.1) is 0 Å². The molecule has 0 aromatic carbocycles. The molecule has 0 radical (unpaired) electrons. The van der Waals surface area contributed by atoms with E-state index in [0.717, 1.165) is 0 Å². The third-order valence-electron chi connectivity index (χ3n) is 2.93. The van der Waals surface area contributed by atoms with E-state index in [1.807, 2.05) is 0 Å². The lowest BCUT2D eigenvalue weighted by Gasteiger charge is -2.33. The molecule has 0 unspecified atom stereocenters. The highest BCUT2D eigenvalue weighted by atomic mass is 19.4. The van der Waals surface area contributed by atoms with Gasteiger partial charge in [0.15, 0.2) is 0 Å². The molecule has 20 heavy (non-hydrogen) atoms. The van der Waals surface area contributed by atoms with Crippen LogP contribution in [0.2, 0.25) is 0 Å². The third kappa shape index (κ3) is 7.02. The summed E-state index contributed by atoms with van der Waals surface area (Å²) in [5.74, 6) is 0.0758. The average Bonchev–Trinajstić information content (AvgIpc) is 2.25. The fraction of sp³-hybridized carbons (Fsp3) is 0.917. The summed E-state index contributed by atoms with van der Waals surface area (Å²) >= 11 is 0. The Labute approximate surface area is 117 Å². The van der Waals surface area contributed by atoms with Gasteiger partial charge in [-0.1, -0.05) is 0 Å². The van der Waals surface area contributed by atoms with Crippen LogP contribution in [0.3, 0.4) is 0 Å². The molecule has 1 amide bonds. The molecule has 0 N–H and O–H groups in total. The Hall–Kier alpha value is -0.915. The first-order valence-electron chi connectivity index (χ1n) is 6.83. The van der Waals surface area contributed by atoms with Crippen molar-refractivity contribution in [3.05, 3.63) is 0 Å². The maximum absolute atomic E-state index is 12.0. The molecule has 1 rings (SSSR count). The zero-order valence-corrected chi connectivity index (χ0v) is 12.2. The topological polar surface area (TPSA) is 38.8 Å². The van der Waals surface area contributed by atoms with Gasteiger partial charge in [0.25, 0.3) is 0 Å². The quantitative estimate of drug-likeness (QED) is 0.748. The van der Waals surface area contributed by atoms with E-state index in [0.29, 0.717) is 25.9 Å². The van der Waals surface area contributed by atoms with Crippen LogP contribution in [-0.4, -0.2) is 49.8 Å². The van der Waals surface area contributed by atoms with E-state index in [1.165, 1.54) is 0 Å². The Morgan fingerprint density at radius 2 is 1.80 bits per heavy atom. The highest BCUT2D eigenvalue weighted by Gasteiger charge is 2.28. The molecular formula is C12H22BF3NO3-. The highest BCUT2D eigenvalue weighted by molar-refractivity contribution is 6.58. The number of piperidine rings is 1. The second kappa shape index (κ2) is 6.69. The average molecular weight is 296 g/mol. The monoisotopic (exact) mass is 296 g/mol. The number of carbonyl (C=O) groups excluding carboxylic acids is 1.